The molecule has 0 amide bonds. The number of rotatable bonds is 2. The first kappa shape index (κ1) is 20.2. The van der Waals surface area contributed by atoms with E-state index in [9.17, 15) is 9.59 Å². The average molecular weight is 452 g/mol. The number of benzene rings is 3. The Bertz CT molecular complexity index is 1710. The number of fused-ring (bicyclic) bond motifs is 5. The van der Waals surface area contributed by atoms with Crippen LogP contribution in [0.1, 0.15) is 17.3 Å². The maximum Gasteiger partial charge on any atom is 0.331 e. The summed E-state index contributed by atoms with van der Waals surface area (Å²) in [4.78, 5) is 26.6. The van der Waals surface area contributed by atoms with Crippen molar-refractivity contribution in [1.82, 2.24) is 13.7 Å². The number of nitrogens with zero attached hydrogens (tertiary/aromatic N) is 3. The number of hydrogen-bond donors (Lipinski definition) is 1. The van der Waals surface area contributed by atoms with Crippen molar-refractivity contribution in [3.63, 3.8) is 0 Å². The van der Waals surface area contributed by atoms with Crippen molar-refractivity contribution in [3.8, 4) is 16.9 Å². The van der Waals surface area contributed by atoms with Gasteiger partial charge in [-0.05, 0) is 23.8 Å². The summed E-state index contributed by atoms with van der Waals surface area (Å²) in [5, 5.41) is 3.88. The molecule has 1 aliphatic rings. The molecule has 1 unspecified atom stereocenters. The second-order valence-electron chi connectivity index (χ2n) is 8.48. The molecule has 5 aromatic rings. The fraction of sp³-hybridized carbons (Fsp3) is 0.111. The predicted octanol–water partition coefficient (Wildman–Crippen LogP) is 4.35. The minimum atomic E-state index is -0.617. The highest BCUT2D eigenvalue weighted by atomic mass is 19.1. The fourth-order valence-corrected chi connectivity index (χ4v) is 5.03. The number of halogens is 1. The molecule has 168 valence electrons. The van der Waals surface area contributed by atoms with E-state index in [0.717, 1.165) is 21.5 Å². The van der Waals surface area contributed by atoms with Gasteiger partial charge in [-0.3, -0.25) is 13.9 Å². The molecule has 2 aromatic heterocycles. The molecule has 3 aromatic carbocycles. The normalized spacial score (nSPS) is 14.5. The van der Waals surface area contributed by atoms with E-state index in [1.807, 2.05) is 59.2 Å². The number of para-hydroxylation sites is 2. The highest BCUT2D eigenvalue weighted by Crippen LogP contribution is 2.45. The van der Waals surface area contributed by atoms with Crippen LogP contribution in [-0.2, 0) is 14.1 Å². The van der Waals surface area contributed by atoms with Crippen molar-refractivity contribution in [1.29, 1.82) is 0 Å². The molecule has 6 nitrogen and oxygen atoms in total. The van der Waals surface area contributed by atoms with Gasteiger partial charge >= 0.3 is 5.69 Å². The van der Waals surface area contributed by atoms with Crippen molar-refractivity contribution >= 4 is 16.6 Å². The Hall–Kier alpha value is -4.39. The van der Waals surface area contributed by atoms with E-state index in [1.54, 1.807) is 25.2 Å². The van der Waals surface area contributed by atoms with Gasteiger partial charge < -0.3 is 9.88 Å². The van der Waals surface area contributed by atoms with E-state index in [4.69, 9.17) is 0 Å². The van der Waals surface area contributed by atoms with E-state index >= 15 is 4.39 Å². The van der Waals surface area contributed by atoms with E-state index < -0.39 is 11.7 Å². The van der Waals surface area contributed by atoms with Crippen LogP contribution >= 0.6 is 0 Å². The zero-order chi connectivity index (χ0) is 23.6. The van der Waals surface area contributed by atoms with E-state index in [2.05, 4.69) is 5.32 Å². The van der Waals surface area contributed by atoms with Crippen molar-refractivity contribution in [3.05, 3.63) is 117 Å². The van der Waals surface area contributed by atoms with Crippen LogP contribution in [0, 0.1) is 5.82 Å². The van der Waals surface area contributed by atoms with Crippen LogP contribution in [-0.4, -0.2) is 13.7 Å². The molecule has 7 heteroatoms. The Morgan fingerprint density at radius 2 is 1.50 bits per heavy atom. The number of hydrogen-bond acceptors (Lipinski definition) is 3. The summed E-state index contributed by atoms with van der Waals surface area (Å²) < 4.78 is 19.7. The topological polar surface area (TPSA) is 61.0 Å². The third-order valence-corrected chi connectivity index (χ3v) is 6.59. The molecule has 0 saturated carbocycles. The Labute approximate surface area is 194 Å². The summed E-state index contributed by atoms with van der Waals surface area (Å²) >= 11 is 0. The Balaban J connectivity index is 1.89. The Morgan fingerprint density at radius 1 is 0.824 bits per heavy atom. The second kappa shape index (κ2) is 7.31. The molecule has 34 heavy (non-hydrogen) atoms. The van der Waals surface area contributed by atoms with Crippen LogP contribution in [0.4, 0.5) is 10.1 Å². The summed E-state index contributed by atoms with van der Waals surface area (Å²) in [6.07, 6.45) is 0. The van der Waals surface area contributed by atoms with Crippen LogP contribution in [0.5, 0.6) is 0 Å². The third kappa shape index (κ3) is 2.67. The maximum absolute atomic E-state index is 15.1. The number of anilines is 1. The Morgan fingerprint density at radius 3 is 2.26 bits per heavy atom. The van der Waals surface area contributed by atoms with Crippen LogP contribution < -0.4 is 16.6 Å². The lowest BCUT2D eigenvalue weighted by Crippen LogP contribution is -2.37. The van der Waals surface area contributed by atoms with Crippen LogP contribution in [0.15, 0.2) is 88.5 Å². The smallest absolute Gasteiger partial charge is 0.331 e. The Kier molecular flexibility index (Phi) is 4.35. The quantitative estimate of drug-likeness (QED) is 0.433. The largest absolute Gasteiger partial charge is 0.371 e. The lowest BCUT2D eigenvalue weighted by atomic mass is 9.99. The molecule has 3 heterocycles. The third-order valence-electron chi connectivity index (χ3n) is 6.59. The van der Waals surface area contributed by atoms with Gasteiger partial charge in [-0.25, -0.2) is 9.18 Å². The number of aromatic nitrogens is 3. The van der Waals surface area contributed by atoms with E-state index in [-0.39, 0.29) is 11.4 Å². The van der Waals surface area contributed by atoms with Crippen molar-refractivity contribution in [2.24, 2.45) is 14.1 Å². The monoisotopic (exact) mass is 452 g/mol. The van der Waals surface area contributed by atoms with Gasteiger partial charge in [-0.1, -0.05) is 60.7 Å². The van der Waals surface area contributed by atoms with Crippen LogP contribution in [0.2, 0.25) is 0 Å². The lowest BCUT2D eigenvalue weighted by Gasteiger charge is -2.31. The minimum Gasteiger partial charge on any atom is -0.371 e. The number of nitrogens with one attached hydrogen (secondary N) is 1. The molecule has 0 saturated heterocycles. The van der Waals surface area contributed by atoms with Gasteiger partial charge in [0.05, 0.1) is 39.7 Å². The summed E-state index contributed by atoms with van der Waals surface area (Å²) in [7, 11) is 3.13. The first-order valence-corrected chi connectivity index (χ1v) is 11.0. The fourth-order valence-electron chi connectivity index (χ4n) is 5.03. The highest BCUT2D eigenvalue weighted by Gasteiger charge is 2.35. The predicted molar refractivity (Wildman–Crippen MR) is 131 cm³/mol. The molecule has 0 bridgehead atoms. The van der Waals surface area contributed by atoms with E-state index in [1.165, 1.54) is 17.7 Å². The van der Waals surface area contributed by atoms with Gasteiger partial charge in [0.15, 0.2) is 0 Å². The highest BCUT2D eigenvalue weighted by molar-refractivity contribution is 5.99. The standard InChI is InChI=1S/C27H21FN4O2/c1-30-24-21(26(33)31(2)27(30)34)23(16-10-4-3-5-11-16)32-20-15-9-8-14-19(20)29-22(25(24)32)17-12-6-7-13-18(17)28/h3-15,22,29H,1-2H3. The van der Waals surface area contributed by atoms with Crippen LogP contribution in [0.3, 0.4) is 0 Å². The van der Waals surface area contributed by atoms with Crippen LogP contribution in [0.25, 0.3) is 27.8 Å². The molecule has 1 aliphatic heterocycles. The lowest BCUT2D eigenvalue weighted by molar-refractivity contribution is 0.599. The first-order valence-electron chi connectivity index (χ1n) is 11.0. The molecular weight excluding hydrogens is 431 g/mol. The zero-order valence-electron chi connectivity index (χ0n) is 18.6. The minimum absolute atomic E-state index is 0.365. The van der Waals surface area contributed by atoms with Gasteiger partial charge in [-0.2, -0.15) is 0 Å². The molecule has 0 aliphatic carbocycles. The van der Waals surface area contributed by atoms with Gasteiger partial charge in [0.2, 0.25) is 0 Å². The van der Waals surface area contributed by atoms with E-state index in [0.29, 0.717) is 27.9 Å². The second-order valence-corrected chi connectivity index (χ2v) is 8.48. The van der Waals surface area contributed by atoms with Crippen molar-refractivity contribution < 1.29 is 4.39 Å². The summed E-state index contributed by atoms with van der Waals surface area (Å²) in [6.45, 7) is 0. The van der Waals surface area contributed by atoms with Gasteiger partial charge in [0, 0.05) is 19.7 Å². The molecular formula is C27H21FN4O2. The summed E-state index contributed by atoms with van der Waals surface area (Å²) in [5.74, 6) is -0.365. The van der Waals surface area contributed by atoms with Gasteiger partial charge in [0.25, 0.3) is 5.56 Å². The van der Waals surface area contributed by atoms with Gasteiger partial charge in [0.1, 0.15) is 5.82 Å². The molecule has 1 atom stereocenters. The molecule has 6 rings (SSSR count). The number of aryl methyl sites for hydroxylation is 1. The first-order chi connectivity index (χ1) is 16.5. The maximum atomic E-state index is 15.1. The zero-order valence-corrected chi connectivity index (χ0v) is 18.6. The molecule has 0 radical (unpaired) electrons. The molecule has 1 N–H and O–H groups in total. The SMILES string of the molecule is Cn1c(=O)c2c(-c3ccccc3)n3c(c2n(C)c1=O)C(c1ccccc1F)Nc1ccccc1-3. The summed E-state index contributed by atoms with van der Waals surface area (Å²) in [5.41, 5.74) is 3.90. The average Bonchev–Trinajstić information content (AvgIpc) is 3.23. The molecule has 0 fully saturated rings. The van der Waals surface area contributed by atoms with Crippen molar-refractivity contribution in [2.75, 3.05) is 5.32 Å². The van der Waals surface area contributed by atoms with Gasteiger partial charge in [-0.15, -0.1) is 0 Å². The molecule has 0 spiro atoms. The summed E-state index contributed by atoms with van der Waals surface area (Å²) in [6, 6.07) is 23.3. The van der Waals surface area contributed by atoms with Crippen molar-refractivity contribution in [2.45, 2.75) is 6.04 Å².